The molecule has 0 unspecified atom stereocenters. The average molecular weight is 464 g/mol. The summed E-state index contributed by atoms with van der Waals surface area (Å²) < 4.78 is 55.1. The Hall–Kier alpha value is -3.44. The lowest BCUT2D eigenvalue weighted by molar-refractivity contribution is 0.0640. The summed E-state index contributed by atoms with van der Waals surface area (Å²) in [6, 6.07) is 8.15. The number of benzene rings is 2. The van der Waals surface area contributed by atoms with Crippen molar-refractivity contribution in [2.75, 3.05) is 6.26 Å². The van der Waals surface area contributed by atoms with Crippen LogP contribution in [0.4, 0.5) is 9.18 Å². The quantitative estimate of drug-likeness (QED) is 0.404. The summed E-state index contributed by atoms with van der Waals surface area (Å²) in [7, 11) is -3.49. The van der Waals surface area contributed by atoms with E-state index in [2.05, 4.69) is 9.46 Å². The van der Waals surface area contributed by atoms with Crippen LogP contribution in [0.3, 0.4) is 0 Å². The zero-order valence-electron chi connectivity index (χ0n) is 17.5. The van der Waals surface area contributed by atoms with Crippen molar-refractivity contribution in [1.82, 2.24) is 4.72 Å². The molecule has 2 aromatic carbocycles. The molecule has 3 aromatic rings. The number of carbonyl (C=O) groups is 2. The highest BCUT2D eigenvalue weighted by atomic mass is 32.2. The number of hydrogen-bond donors (Lipinski definition) is 2. The first-order valence-electron chi connectivity index (χ1n) is 9.43. The molecular weight excluding hydrogens is 443 g/mol. The number of ether oxygens (including phenoxy) is 2. The summed E-state index contributed by atoms with van der Waals surface area (Å²) >= 11 is 0. The smallest absolute Gasteiger partial charge is 0.412 e. The molecule has 0 radical (unpaired) electrons. The van der Waals surface area contributed by atoms with Crippen LogP contribution < -0.4 is 15.2 Å². The molecule has 0 aliphatic heterocycles. The molecule has 0 bridgehead atoms. The molecule has 3 N–H and O–H groups in total. The first-order valence-corrected chi connectivity index (χ1v) is 11.3. The van der Waals surface area contributed by atoms with Gasteiger partial charge < -0.3 is 19.6 Å². The van der Waals surface area contributed by atoms with Crippen molar-refractivity contribution in [3.05, 3.63) is 53.3 Å². The number of sulfonamides is 1. The van der Waals surface area contributed by atoms with E-state index in [0.717, 1.165) is 6.26 Å². The van der Waals surface area contributed by atoms with E-state index < -0.39 is 27.9 Å². The second kappa shape index (κ2) is 8.97. The van der Waals surface area contributed by atoms with Crippen LogP contribution in [0.1, 0.15) is 29.8 Å². The van der Waals surface area contributed by atoms with Gasteiger partial charge in [-0.25, -0.2) is 27.1 Å². The third-order valence-electron chi connectivity index (χ3n) is 4.26. The van der Waals surface area contributed by atoms with E-state index in [4.69, 9.17) is 14.9 Å². The summed E-state index contributed by atoms with van der Waals surface area (Å²) in [6.45, 7) is 3.46. The highest BCUT2D eigenvalue weighted by Gasteiger charge is 2.26. The highest BCUT2D eigenvalue weighted by molar-refractivity contribution is 7.88. The molecule has 0 aliphatic carbocycles. The molecule has 32 heavy (non-hydrogen) atoms. The maximum atomic E-state index is 13.4. The fraction of sp³-hybridized carbons (Fsp3) is 0.238. The summed E-state index contributed by atoms with van der Waals surface area (Å²) in [5.41, 5.74) is 5.89. The summed E-state index contributed by atoms with van der Waals surface area (Å²) in [5, 5.41) is 0.245. The lowest BCUT2D eigenvalue weighted by atomic mass is 10.0. The van der Waals surface area contributed by atoms with Crippen molar-refractivity contribution in [3.8, 4) is 17.1 Å². The third-order valence-corrected chi connectivity index (χ3v) is 4.93. The molecule has 170 valence electrons. The van der Waals surface area contributed by atoms with Gasteiger partial charge in [-0.1, -0.05) is 0 Å². The second-order valence-corrected chi connectivity index (χ2v) is 9.07. The van der Waals surface area contributed by atoms with Gasteiger partial charge in [-0.2, -0.15) is 0 Å². The van der Waals surface area contributed by atoms with Gasteiger partial charge in [-0.15, -0.1) is 0 Å². The molecule has 3 rings (SSSR count). The molecule has 9 nitrogen and oxygen atoms in total. The summed E-state index contributed by atoms with van der Waals surface area (Å²) in [4.78, 5) is 23.9. The zero-order chi connectivity index (χ0) is 23.6. The molecule has 11 heteroatoms. The number of fused-ring (bicyclic) bond motifs is 1. The number of carbonyl (C=O) groups excluding carboxylic acids is 2. The van der Waals surface area contributed by atoms with E-state index in [9.17, 15) is 22.4 Å². The lowest BCUT2D eigenvalue weighted by Crippen LogP contribution is -2.22. The average Bonchev–Trinajstić information content (AvgIpc) is 3.03. The van der Waals surface area contributed by atoms with E-state index in [1.54, 1.807) is 13.8 Å². The van der Waals surface area contributed by atoms with E-state index in [-0.39, 0.29) is 34.9 Å². The van der Waals surface area contributed by atoms with Gasteiger partial charge >= 0.3 is 12.1 Å². The molecule has 1 aromatic heterocycles. The van der Waals surface area contributed by atoms with E-state index in [1.807, 2.05) is 0 Å². The molecule has 0 saturated carbocycles. The van der Waals surface area contributed by atoms with Crippen molar-refractivity contribution < 1.29 is 36.3 Å². The Kier molecular flexibility index (Phi) is 6.51. The van der Waals surface area contributed by atoms with Gasteiger partial charge in [0.25, 0.3) is 0 Å². The predicted molar refractivity (Wildman–Crippen MR) is 114 cm³/mol. The van der Waals surface area contributed by atoms with E-state index >= 15 is 0 Å². The Bertz CT molecular complexity index is 1280. The molecule has 0 saturated heterocycles. The van der Waals surface area contributed by atoms with Crippen molar-refractivity contribution in [1.29, 1.82) is 0 Å². The molecule has 0 spiro atoms. The van der Waals surface area contributed by atoms with Crippen LogP contribution in [0.5, 0.6) is 5.75 Å². The Balaban J connectivity index is 2.25. The maximum absolute atomic E-state index is 13.4. The number of halogens is 1. The Morgan fingerprint density at radius 3 is 2.41 bits per heavy atom. The zero-order valence-corrected chi connectivity index (χ0v) is 18.3. The van der Waals surface area contributed by atoms with Gasteiger partial charge in [0, 0.05) is 23.1 Å². The van der Waals surface area contributed by atoms with Gasteiger partial charge in [0.2, 0.25) is 10.0 Å². The molecule has 0 fully saturated rings. The highest BCUT2D eigenvalue weighted by Crippen LogP contribution is 2.38. The number of amides is 1. The SMILES string of the molecule is CC(C)Oc1cc2c(C(=O)OC(N)=O)c(-c3ccc(F)cc3)oc2cc1CNS(C)(=O)=O. The van der Waals surface area contributed by atoms with E-state index in [1.165, 1.54) is 36.4 Å². The molecule has 0 atom stereocenters. The van der Waals surface area contributed by atoms with Gasteiger partial charge in [-0.05, 0) is 50.2 Å². The minimum atomic E-state index is -3.49. The Morgan fingerprint density at radius 2 is 1.84 bits per heavy atom. The fourth-order valence-corrected chi connectivity index (χ4v) is 3.44. The number of nitrogens with two attached hydrogens (primary N) is 1. The van der Waals surface area contributed by atoms with Gasteiger partial charge in [0.15, 0.2) is 0 Å². The van der Waals surface area contributed by atoms with Gasteiger partial charge in [0.1, 0.15) is 28.5 Å². The van der Waals surface area contributed by atoms with Crippen LogP contribution in [0.2, 0.25) is 0 Å². The topological polar surface area (TPSA) is 138 Å². The summed E-state index contributed by atoms with van der Waals surface area (Å²) in [5.74, 6) is -1.24. The number of hydrogen-bond acceptors (Lipinski definition) is 7. The maximum Gasteiger partial charge on any atom is 0.412 e. The standard InChI is InChI=1S/C21H21FN2O7S/c1-11(2)29-16-9-15-17(8-13(16)10-24-32(3,27)28)30-19(12-4-6-14(22)7-5-12)18(15)20(25)31-21(23)26/h4-9,11,24H,10H2,1-3H3,(H2,23,26). The van der Waals surface area contributed by atoms with Gasteiger partial charge in [-0.3, -0.25) is 0 Å². The van der Waals surface area contributed by atoms with Crippen molar-refractivity contribution in [2.45, 2.75) is 26.5 Å². The van der Waals surface area contributed by atoms with Crippen LogP contribution in [-0.4, -0.2) is 32.8 Å². The third kappa shape index (κ3) is 5.42. The molecule has 0 aliphatic rings. The van der Waals surface area contributed by atoms with Crippen molar-refractivity contribution in [3.63, 3.8) is 0 Å². The largest absolute Gasteiger partial charge is 0.491 e. The lowest BCUT2D eigenvalue weighted by Gasteiger charge is -2.15. The van der Waals surface area contributed by atoms with Gasteiger partial charge in [0.05, 0.1) is 12.4 Å². The predicted octanol–water partition coefficient (Wildman–Crippen LogP) is 3.31. The number of esters is 1. The minimum absolute atomic E-state index is 0.0231. The molecule has 1 heterocycles. The van der Waals surface area contributed by atoms with Crippen LogP contribution in [0, 0.1) is 5.82 Å². The first kappa shape index (κ1) is 23.2. The van der Waals surface area contributed by atoms with Crippen LogP contribution in [-0.2, 0) is 21.3 Å². The second-order valence-electron chi connectivity index (χ2n) is 7.24. The van der Waals surface area contributed by atoms with E-state index in [0.29, 0.717) is 16.9 Å². The van der Waals surface area contributed by atoms with Crippen molar-refractivity contribution >= 4 is 33.1 Å². The molecule has 1 amide bonds. The Morgan fingerprint density at radius 1 is 1.19 bits per heavy atom. The summed E-state index contributed by atoms with van der Waals surface area (Å²) in [6.07, 6.45) is -0.553. The van der Waals surface area contributed by atoms with Crippen LogP contribution in [0.25, 0.3) is 22.3 Å². The monoisotopic (exact) mass is 464 g/mol. The van der Waals surface area contributed by atoms with Crippen LogP contribution >= 0.6 is 0 Å². The first-order chi connectivity index (χ1) is 14.9. The number of furan rings is 1. The fourth-order valence-electron chi connectivity index (χ4n) is 3.03. The van der Waals surface area contributed by atoms with Crippen LogP contribution in [0.15, 0.2) is 40.8 Å². The normalized spacial score (nSPS) is 11.7. The number of nitrogens with one attached hydrogen (secondary N) is 1. The number of rotatable bonds is 7. The Labute approximate surface area is 183 Å². The number of primary amides is 1. The minimum Gasteiger partial charge on any atom is -0.491 e. The molecular formula is C21H21FN2O7S. The van der Waals surface area contributed by atoms with Crippen molar-refractivity contribution in [2.24, 2.45) is 5.73 Å².